The third-order valence-corrected chi connectivity index (χ3v) is 5.28. The van der Waals surface area contributed by atoms with E-state index in [1.165, 1.54) is 0 Å². The van der Waals surface area contributed by atoms with E-state index in [0.717, 1.165) is 22.4 Å². The lowest BCUT2D eigenvalue weighted by molar-refractivity contribution is -0.116. The zero-order chi connectivity index (χ0) is 23.2. The molecule has 0 spiro atoms. The molecule has 33 heavy (non-hydrogen) atoms. The molecule has 0 atom stereocenters. The number of aromatic nitrogens is 2. The largest absolute Gasteiger partial charge is 0.492 e. The highest BCUT2D eigenvalue weighted by Crippen LogP contribution is 2.31. The average molecular weight is 442 g/mol. The maximum atomic E-state index is 12.7. The first-order valence-corrected chi connectivity index (χ1v) is 11.0. The summed E-state index contributed by atoms with van der Waals surface area (Å²) < 4.78 is 11.4. The normalized spacial score (nSPS) is 10.9. The third kappa shape index (κ3) is 5.29. The summed E-state index contributed by atoms with van der Waals surface area (Å²) in [5, 5.41) is 7.04. The lowest BCUT2D eigenvalue weighted by atomic mass is 10.1. The number of nitrogens with one attached hydrogen (secondary N) is 1. The van der Waals surface area contributed by atoms with Crippen molar-refractivity contribution in [3.8, 4) is 28.3 Å². The van der Waals surface area contributed by atoms with Crippen molar-refractivity contribution in [3.05, 3.63) is 84.2 Å². The number of carbonyl (C=O) groups excluding carboxylic acids is 1. The second kappa shape index (κ2) is 10.1. The van der Waals surface area contributed by atoms with Crippen molar-refractivity contribution in [1.82, 2.24) is 10.1 Å². The Bertz CT molecular complexity index is 1230. The molecule has 6 heteroatoms. The molecule has 1 N–H and O–H groups in total. The zero-order valence-electron chi connectivity index (χ0n) is 19.0. The number of hydrogen-bond donors (Lipinski definition) is 1. The highest BCUT2D eigenvalue weighted by molar-refractivity contribution is 5.95. The minimum atomic E-state index is -0.147. The van der Waals surface area contributed by atoms with Gasteiger partial charge in [-0.25, -0.2) is 0 Å². The van der Waals surface area contributed by atoms with Crippen LogP contribution in [0, 0.1) is 6.92 Å². The predicted molar refractivity (Wildman–Crippen MR) is 129 cm³/mol. The van der Waals surface area contributed by atoms with E-state index in [1.54, 1.807) is 0 Å². The Balaban J connectivity index is 1.44. The van der Waals surface area contributed by atoms with E-state index in [1.807, 2.05) is 93.6 Å². The van der Waals surface area contributed by atoms with Gasteiger partial charge in [0.15, 0.2) is 5.82 Å². The van der Waals surface area contributed by atoms with Crippen LogP contribution in [0.3, 0.4) is 0 Å². The van der Waals surface area contributed by atoms with Crippen LogP contribution >= 0.6 is 0 Å². The van der Waals surface area contributed by atoms with Gasteiger partial charge in [-0.3, -0.25) is 4.79 Å². The quantitative estimate of drug-likeness (QED) is 0.350. The zero-order valence-corrected chi connectivity index (χ0v) is 19.0. The van der Waals surface area contributed by atoms with Crippen molar-refractivity contribution < 1.29 is 14.1 Å². The van der Waals surface area contributed by atoms with Gasteiger partial charge in [-0.2, -0.15) is 4.98 Å². The molecule has 0 fully saturated rings. The van der Waals surface area contributed by atoms with Crippen molar-refractivity contribution in [3.63, 3.8) is 0 Å². The van der Waals surface area contributed by atoms with Gasteiger partial charge in [0, 0.05) is 11.5 Å². The number of aryl methyl sites for hydroxylation is 1. The molecule has 0 radical (unpaired) electrons. The Hall–Kier alpha value is -3.93. The fourth-order valence-electron chi connectivity index (χ4n) is 3.49. The van der Waals surface area contributed by atoms with Gasteiger partial charge in [-0.1, -0.05) is 79.7 Å². The number of amides is 1. The SMILES string of the molecule is Cc1cccc(-c2nc(C(C)C)no2)c1NC(=O)CCOc1ccccc1-c1ccccc1. The van der Waals surface area contributed by atoms with E-state index >= 15 is 0 Å². The first-order chi connectivity index (χ1) is 16.0. The number of anilines is 1. The van der Waals surface area contributed by atoms with Gasteiger partial charge in [-0.05, 0) is 30.2 Å². The van der Waals surface area contributed by atoms with Crippen LogP contribution in [-0.2, 0) is 4.79 Å². The standard InChI is InChI=1S/C27H27N3O3/c1-18(2)26-29-27(33-30-26)22-14-9-10-19(3)25(22)28-24(31)16-17-32-23-15-8-7-13-21(23)20-11-5-4-6-12-20/h4-15,18H,16-17H2,1-3H3,(H,28,31). The molecule has 0 aliphatic rings. The molecular formula is C27H27N3O3. The van der Waals surface area contributed by atoms with Gasteiger partial charge in [0.05, 0.1) is 24.3 Å². The Kier molecular flexibility index (Phi) is 6.83. The molecule has 1 aromatic heterocycles. The number of rotatable bonds is 8. The molecule has 0 unspecified atom stereocenters. The minimum absolute atomic E-state index is 0.147. The molecule has 4 rings (SSSR count). The monoisotopic (exact) mass is 441 g/mol. The minimum Gasteiger partial charge on any atom is -0.492 e. The molecule has 0 aliphatic carbocycles. The van der Waals surface area contributed by atoms with E-state index in [9.17, 15) is 4.79 Å². The highest BCUT2D eigenvalue weighted by Gasteiger charge is 2.18. The van der Waals surface area contributed by atoms with Crippen molar-refractivity contribution in [2.75, 3.05) is 11.9 Å². The maximum Gasteiger partial charge on any atom is 0.260 e. The predicted octanol–water partition coefficient (Wildman–Crippen LogP) is 6.24. The van der Waals surface area contributed by atoms with Crippen LogP contribution in [-0.4, -0.2) is 22.7 Å². The van der Waals surface area contributed by atoms with E-state index in [0.29, 0.717) is 23.0 Å². The molecule has 0 saturated heterocycles. The fraction of sp³-hybridized carbons (Fsp3) is 0.222. The van der Waals surface area contributed by atoms with Crippen molar-refractivity contribution in [2.45, 2.75) is 33.1 Å². The van der Waals surface area contributed by atoms with Crippen molar-refractivity contribution in [1.29, 1.82) is 0 Å². The fourth-order valence-corrected chi connectivity index (χ4v) is 3.49. The van der Waals surface area contributed by atoms with Crippen LogP contribution in [0.2, 0.25) is 0 Å². The molecule has 4 aromatic rings. The average Bonchev–Trinajstić information content (AvgIpc) is 3.32. The summed E-state index contributed by atoms with van der Waals surface area (Å²) in [7, 11) is 0. The summed E-state index contributed by atoms with van der Waals surface area (Å²) in [6.07, 6.45) is 0.206. The Morgan fingerprint density at radius 2 is 1.70 bits per heavy atom. The van der Waals surface area contributed by atoms with E-state index in [-0.39, 0.29) is 24.9 Å². The summed E-state index contributed by atoms with van der Waals surface area (Å²) in [6.45, 7) is 6.20. The molecule has 168 valence electrons. The van der Waals surface area contributed by atoms with Crippen molar-refractivity contribution in [2.24, 2.45) is 0 Å². The van der Waals surface area contributed by atoms with E-state index in [4.69, 9.17) is 9.26 Å². The molecule has 0 saturated carbocycles. The number of nitrogens with zero attached hydrogens (tertiary/aromatic N) is 2. The number of para-hydroxylation sites is 2. The number of carbonyl (C=O) groups is 1. The summed E-state index contributed by atoms with van der Waals surface area (Å²) in [6, 6.07) is 23.6. The molecular weight excluding hydrogens is 414 g/mol. The van der Waals surface area contributed by atoms with Gasteiger partial charge in [0.2, 0.25) is 5.91 Å². The van der Waals surface area contributed by atoms with Gasteiger partial charge in [0.1, 0.15) is 5.75 Å². The molecule has 6 nitrogen and oxygen atoms in total. The number of hydrogen-bond acceptors (Lipinski definition) is 5. The summed E-state index contributed by atoms with van der Waals surface area (Å²) in [5.41, 5.74) is 4.36. The third-order valence-electron chi connectivity index (χ3n) is 5.28. The van der Waals surface area contributed by atoms with Gasteiger partial charge < -0.3 is 14.6 Å². The second-order valence-electron chi connectivity index (χ2n) is 8.12. The molecule has 0 aliphatic heterocycles. The smallest absolute Gasteiger partial charge is 0.260 e. The number of benzene rings is 3. The summed E-state index contributed by atoms with van der Waals surface area (Å²) in [5.74, 6) is 1.78. The lowest BCUT2D eigenvalue weighted by Crippen LogP contribution is -2.16. The van der Waals surface area contributed by atoms with Gasteiger partial charge in [0.25, 0.3) is 5.89 Å². The lowest BCUT2D eigenvalue weighted by Gasteiger charge is -2.13. The summed E-state index contributed by atoms with van der Waals surface area (Å²) in [4.78, 5) is 17.2. The topological polar surface area (TPSA) is 77.3 Å². The highest BCUT2D eigenvalue weighted by atomic mass is 16.5. The molecule has 0 bridgehead atoms. The first kappa shape index (κ1) is 22.3. The molecule has 1 amide bonds. The Morgan fingerprint density at radius 3 is 2.45 bits per heavy atom. The summed E-state index contributed by atoms with van der Waals surface area (Å²) >= 11 is 0. The molecule has 1 heterocycles. The van der Waals surface area contributed by atoms with Crippen LogP contribution in [0.5, 0.6) is 5.75 Å². The van der Waals surface area contributed by atoms with Crippen molar-refractivity contribution >= 4 is 11.6 Å². The molecule has 3 aromatic carbocycles. The van der Waals surface area contributed by atoms with Crippen LogP contribution in [0.4, 0.5) is 5.69 Å². The van der Waals surface area contributed by atoms with Crippen LogP contribution in [0.15, 0.2) is 77.3 Å². The van der Waals surface area contributed by atoms with Gasteiger partial charge in [-0.15, -0.1) is 0 Å². The first-order valence-electron chi connectivity index (χ1n) is 11.0. The van der Waals surface area contributed by atoms with Crippen LogP contribution < -0.4 is 10.1 Å². The second-order valence-corrected chi connectivity index (χ2v) is 8.12. The Labute approximate surface area is 193 Å². The maximum absolute atomic E-state index is 12.7. The van der Waals surface area contributed by atoms with Crippen LogP contribution in [0.1, 0.15) is 37.6 Å². The van der Waals surface area contributed by atoms with Crippen LogP contribution in [0.25, 0.3) is 22.6 Å². The van der Waals surface area contributed by atoms with Gasteiger partial charge >= 0.3 is 0 Å². The number of ether oxygens (including phenoxy) is 1. The van der Waals surface area contributed by atoms with E-state index < -0.39 is 0 Å². The Morgan fingerprint density at radius 1 is 0.970 bits per heavy atom. The van der Waals surface area contributed by atoms with E-state index in [2.05, 4.69) is 15.5 Å².